The summed E-state index contributed by atoms with van der Waals surface area (Å²) in [5, 5.41) is 3.25. The topological polar surface area (TPSA) is 76.1 Å². The Morgan fingerprint density at radius 2 is 1.85 bits per heavy atom. The number of benzene rings is 2. The number of anilines is 1. The van der Waals surface area contributed by atoms with Gasteiger partial charge < -0.3 is 0 Å². The zero-order valence-electron chi connectivity index (χ0n) is 13.8. The maximum atomic E-state index is 12.3. The molecule has 1 N–H and O–H groups in total. The number of hydrogen-bond donors (Lipinski definition) is 1. The van der Waals surface area contributed by atoms with Gasteiger partial charge in [-0.25, -0.2) is 13.4 Å². The highest BCUT2D eigenvalue weighted by Crippen LogP contribution is 2.25. The lowest BCUT2D eigenvalue weighted by atomic mass is 10.1. The SMILES string of the molecule is CS(=O)(=O)c1ccc(C(=O)Nc2ncc(Cc3ccccc3Br)s2)cc1. The monoisotopic (exact) mass is 450 g/mol. The molecule has 1 aromatic heterocycles. The molecule has 3 rings (SSSR count). The second-order valence-electron chi connectivity index (χ2n) is 5.65. The predicted molar refractivity (Wildman–Crippen MR) is 107 cm³/mol. The quantitative estimate of drug-likeness (QED) is 0.633. The number of hydrogen-bond acceptors (Lipinski definition) is 5. The Morgan fingerprint density at radius 3 is 2.50 bits per heavy atom. The van der Waals surface area contributed by atoms with Gasteiger partial charge in [0.05, 0.1) is 4.90 Å². The zero-order chi connectivity index (χ0) is 18.7. The second-order valence-corrected chi connectivity index (χ2v) is 9.64. The lowest BCUT2D eigenvalue weighted by Gasteiger charge is -2.03. The first-order chi connectivity index (χ1) is 12.3. The van der Waals surface area contributed by atoms with Crippen molar-refractivity contribution in [2.45, 2.75) is 11.3 Å². The lowest BCUT2D eigenvalue weighted by molar-refractivity contribution is 0.102. The Labute approximate surface area is 164 Å². The second kappa shape index (κ2) is 7.69. The molecule has 5 nitrogen and oxygen atoms in total. The van der Waals surface area contributed by atoms with Crippen LogP contribution in [0, 0.1) is 0 Å². The van der Waals surface area contributed by atoms with E-state index >= 15 is 0 Å². The number of thiazole rings is 1. The molecule has 8 heteroatoms. The van der Waals surface area contributed by atoms with Gasteiger partial charge in [-0.1, -0.05) is 34.1 Å². The molecule has 0 bridgehead atoms. The van der Waals surface area contributed by atoms with Crippen molar-refractivity contribution in [3.05, 3.63) is 75.2 Å². The Bertz CT molecular complexity index is 1040. The van der Waals surface area contributed by atoms with Crippen LogP contribution in [-0.2, 0) is 16.3 Å². The van der Waals surface area contributed by atoms with Gasteiger partial charge in [-0.3, -0.25) is 10.1 Å². The smallest absolute Gasteiger partial charge is 0.257 e. The van der Waals surface area contributed by atoms with Crippen molar-refractivity contribution in [2.75, 3.05) is 11.6 Å². The molecule has 0 radical (unpaired) electrons. The largest absolute Gasteiger partial charge is 0.298 e. The number of carbonyl (C=O) groups excluding carboxylic acids is 1. The molecule has 134 valence electrons. The zero-order valence-corrected chi connectivity index (χ0v) is 17.0. The molecule has 0 spiro atoms. The highest BCUT2D eigenvalue weighted by molar-refractivity contribution is 9.10. The van der Waals surface area contributed by atoms with Gasteiger partial charge in [0.15, 0.2) is 15.0 Å². The van der Waals surface area contributed by atoms with Gasteiger partial charge in [-0.15, -0.1) is 11.3 Å². The van der Waals surface area contributed by atoms with Gasteiger partial charge >= 0.3 is 0 Å². The minimum absolute atomic E-state index is 0.180. The van der Waals surface area contributed by atoms with E-state index in [1.807, 2.05) is 24.3 Å². The van der Waals surface area contributed by atoms with Crippen molar-refractivity contribution in [3.63, 3.8) is 0 Å². The summed E-state index contributed by atoms with van der Waals surface area (Å²) in [7, 11) is -3.28. The molecule has 2 aromatic carbocycles. The first kappa shape index (κ1) is 18.8. The molecule has 3 aromatic rings. The molecule has 0 aliphatic heterocycles. The molecule has 1 amide bonds. The van der Waals surface area contributed by atoms with Crippen LogP contribution in [0.15, 0.2) is 64.1 Å². The molecule has 0 aliphatic rings. The molecule has 26 heavy (non-hydrogen) atoms. The third kappa shape index (κ3) is 4.57. The summed E-state index contributed by atoms with van der Waals surface area (Å²) in [5.41, 5.74) is 1.52. The Kier molecular flexibility index (Phi) is 5.55. The highest BCUT2D eigenvalue weighted by Gasteiger charge is 2.12. The fourth-order valence-electron chi connectivity index (χ4n) is 2.30. The van der Waals surface area contributed by atoms with E-state index in [-0.39, 0.29) is 10.8 Å². The van der Waals surface area contributed by atoms with E-state index in [1.54, 1.807) is 6.20 Å². The van der Waals surface area contributed by atoms with E-state index in [2.05, 4.69) is 26.2 Å². The number of nitrogens with one attached hydrogen (secondary N) is 1. The molecule has 0 atom stereocenters. The minimum Gasteiger partial charge on any atom is -0.298 e. The summed E-state index contributed by atoms with van der Waals surface area (Å²) in [6.45, 7) is 0. The molecule has 0 unspecified atom stereocenters. The van der Waals surface area contributed by atoms with E-state index < -0.39 is 9.84 Å². The first-order valence-electron chi connectivity index (χ1n) is 7.62. The molecule has 1 heterocycles. The summed E-state index contributed by atoms with van der Waals surface area (Å²) in [4.78, 5) is 17.7. The maximum absolute atomic E-state index is 12.3. The van der Waals surface area contributed by atoms with E-state index in [0.29, 0.717) is 10.7 Å². The van der Waals surface area contributed by atoms with Crippen molar-refractivity contribution < 1.29 is 13.2 Å². The molecular formula is C18H15BrN2O3S2. The first-order valence-corrected chi connectivity index (χ1v) is 11.1. The summed E-state index contributed by atoms with van der Waals surface area (Å²) < 4.78 is 24.0. The normalized spacial score (nSPS) is 11.3. The number of aromatic nitrogens is 1. The van der Waals surface area contributed by atoms with Crippen LogP contribution >= 0.6 is 27.3 Å². The number of sulfone groups is 1. The van der Waals surface area contributed by atoms with E-state index in [4.69, 9.17) is 0 Å². The van der Waals surface area contributed by atoms with Crippen LogP contribution in [0.4, 0.5) is 5.13 Å². The molecule has 0 aliphatic carbocycles. The van der Waals surface area contributed by atoms with Crippen molar-refractivity contribution in [1.82, 2.24) is 4.98 Å². The Hall–Kier alpha value is -2.03. The van der Waals surface area contributed by atoms with Gasteiger partial charge in [0, 0.05) is 33.8 Å². The van der Waals surface area contributed by atoms with Crippen molar-refractivity contribution in [3.8, 4) is 0 Å². The van der Waals surface area contributed by atoms with Crippen LogP contribution in [0.3, 0.4) is 0 Å². The van der Waals surface area contributed by atoms with Gasteiger partial charge in [-0.05, 0) is 35.9 Å². The lowest BCUT2D eigenvalue weighted by Crippen LogP contribution is -2.11. The molecule has 0 saturated carbocycles. The fraction of sp³-hybridized carbons (Fsp3) is 0.111. The van der Waals surface area contributed by atoms with Crippen molar-refractivity contribution >= 4 is 48.1 Å². The van der Waals surface area contributed by atoms with Gasteiger partial charge in [-0.2, -0.15) is 0 Å². The van der Waals surface area contributed by atoms with E-state index in [1.165, 1.54) is 35.6 Å². The van der Waals surface area contributed by atoms with Crippen molar-refractivity contribution in [1.29, 1.82) is 0 Å². The van der Waals surface area contributed by atoms with Crippen LogP contribution in [0.1, 0.15) is 20.8 Å². The van der Waals surface area contributed by atoms with E-state index in [9.17, 15) is 13.2 Å². The Morgan fingerprint density at radius 1 is 1.15 bits per heavy atom. The highest BCUT2D eigenvalue weighted by atomic mass is 79.9. The fourth-order valence-corrected chi connectivity index (χ4v) is 4.19. The number of rotatable bonds is 5. The van der Waals surface area contributed by atoms with Gasteiger partial charge in [0.25, 0.3) is 5.91 Å². The van der Waals surface area contributed by atoms with Crippen molar-refractivity contribution in [2.24, 2.45) is 0 Å². The summed E-state index contributed by atoms with van der Waals surface area (Å²) in [6.07, 6.45) is 3.59. The van der Waals surface area contributed by atoms with Crippen LogP contribution in [0.25, 0.3) is 0 Å². The molecule has 0 fully saturated rings. The third-order valence-electron chi connectivity index (χ3n) is 3.64. The van der Waals surface area contributed by atoms with Crippen LogP contribution in [0.5, 0.6) is 0 Å². The number of halogens is 1. The standard InChI is InChI=1S/C18H15BrN2O3S2/c1-26(23,24)15-8-6-12(7-9-15)17(22)21-18-20-11-14(25-18)10-13-4-2-3-5-16(13)19/h2-9,11H,10H2,1H3,(H,20,21,22). The number of carbonyl (C=O) groups is 1. The van der Waals surface area contributed by atoms with Crippen LogP contribution in [0.2, 0.25) is 0 Å². The average Bonchev–Trinajstić information content (AvgIpc) is 3.03. The molecular weight excluding hydrogens is 436 g/mol. The van der Waals surface area contributed by atoms with Gasteiger partial charge in [0.1, 0.15) is 0 Å². The van der Waals surface area contributed by atoms with Crippen LogP contribution in [-0.4, -0.2) is 25.6 Å². The van der Waals surface area contributed by atoms with E-state index in [0.717, 1.165) is 27.6 Å². The average molecular weight is 451 g/mol. The van der Waals surface area contributed by atoms with Crippen LogP contribution < -0.4 is 5.32 Å². The summed E-state index contributed by atoms with van der Waals surface area (Å²) in [6, 6.07) is 13.8. The molecule has 0 saturated heterocycles. The predicted octanol–water partition coefficient (Wildman–Crippen LogP) is 4.15. The van der Waals surface area contributed by atoms with Gasteiger partial charge in [0.2, 0.25) is 0 Å². The minimum atomic E-state index is -3.28. The number of nitrogens with zero attached hydrogens (tertiary/aromatic N) is 1. The maximum Gasteiger partial charge on any atom is 0.257 e. The number of amides is 1. The Balaban J connectivity index is 1.69. The summed E-state index contributed by atoms with van der Waals surface area (Å²) in [5.74, 6) is -0.327. The summed E-state index contributed by atoms with van der Waals surface area (Å²) >= 11 is 4.93. The third-order valence-corrected chi connectivity index (χ3v) is 6.46.